The Bertz CT molecular complexity index is 401. The maximum atomic E-state index is 3.54. The van der Waals surface area contributed by atoms with E-state index in [1.807, 2.05) is 0 Å². The van der Waals surface area contributed by atoms with Crippen molar-refractivity contribution in [1.29, 1.82) is 0 Å². The number of nitrogens with one attached hydrogen (secondary N) is 1. The number of hydrogen-bond acceptors (Lipinski definition) is 2. The Morgan fingerprint density at radius 3 is 2.50 bits per heavy atom. The Kier molecular flexibility index (Phi) is 5.57. The Morgan fingerprint density at radius 2 is 1.90 bits per heavy atom. The molecule has 2 rings (SSSR count). The first-order chi connectivity index (χ1) is 9.56. The molecule has 1 fully saturated rings. The van der Waals surface area contributed by atoms with Crippen LogP contribution in [0.25, 0.3) is 0 Å². The highest BCUT2D eigenvalue weighted by Gasteiger charge is 2.37. The van der Waals surface area contributed by atoms with Crippen LogP contribution in [-0.2, 0) is 0 Å². The highest BCUT2D eigenvalue weighted by atomic mass is 32.2. The topological polar surface area (TPSA) is 12.0 Å². The predicted molar refractivity (Wildman–Crippen MR) is 90.3 cm³/mol. The van der Waals surface area contributed by atoms with Crippen LogP contribution < -0.4 is 5.32 Å². The van der Waals surface area contributed by atoms with Crippen molar-refractivity contribution in [3.05, 3.63) is 30.3 Å². The first-order valence-electron chi connectivity index (χ1n) is 7.95. The molecule has 112 valence electrons. The molecule has 0 spiro atoms. The molecule has 1 aliphatic rings. The predicted octanol–water partition coefficient (Wildman–Crippen LogP) is 4.97. The van der Waals surface area contributed by atoms with Crippen molar-refractivity contribution in [3.8, 4) is 0 Å². The molecule has 0 radical (unpaired) electrons. The van der Waals surface area contributed by atoms with Gasteiger partial charge in [-0.25, -0.2) is 0 Å². The monoisotopic (exact) mass is 291 g/mol. The van der Waals surface area contributed by atoms with Gasteiger partial charge in [-0.1, -0.05) is 45.4 Å². The van der Waals surface area contributed by atoms with E-state index in [0.29, 0.717) is 16.7 Å². The molecule has 1 saturated carbocycles. The van der Waals surface area contributed by atoms with E-state index in [1.165, 1.54) is 30.6 Å². The Balaban J connectivity index is 2.07. The van der Waals surface area contributed by atoms with Gasteiger partial charge in [-0.2, -0.15) is 0 Å². The maximum absolute atomic E-state index is 3.54. The molecule has 3 unspecified atom stereocenters. The molecule has 1 N–H and O–H groups in total. The first kappa shape index (κ1) is 15.9. The van der Waals surface area contributed by atoms with Crippen molar-refractivity contribution in [3.63, 3.8) is 0 Å². The van der Waals surface area contributed by atoms with Crippen LogP contribution in [-0.4, -0.2) is 18.3 Å². The largest absolute Gasteiger partial charge is 0.316 e. The molecular formula is C18H29NS. The van der Waals surface area contributed by atoms with Crippen LogP contribution >= 0.6 is 11.8 Å². The van der Waals surface area contributed by atoms with E-state index >= 15 is 0 Å². The summed E-state index contributed by atoms with van der Waals surface area (Å²) in [5, 5.41) is 4.24. The van der Waals surface area contributed by atoms with Crippen LogP contribution in [0.3, 0.4) is 0 Å². The van der Waals surface area contributed by atoms with Gasteiger partial charge in [-0.05, 0) is 49.8 Å². The fraction of sp³-hybridized carbons (Fsp3) is 0.667. The lowest BCUT2D eigenvalue weighted by Gasteiger charge is -2.43. The van der Waals surface area contributed by atoms with Crippen molar-refractivity contribution in [1.82, 2.24) is 5.32 Å². The van der Waals surface area contributed by atoms with Gasteiger partial charge in [0.1, 0.15) is 0 Å². The van der Waals surface area contributed by atoms with E-state index in [0.717, 1.165) is 5.92 Å². The molecule has 1 aromatic carbocycles. The van der Waals surface area contributed by atoms with E-state index < -0.39 is 0 Å². The highest BCUT2D eigenvalue weighted by Crippen LogP contribution is 2.44. The van der Waals surface area contributed by atoms with Crippen molar-refractivity contribution < 1.29 is 0 Å². The summed E-state index contributed by atoms with van der Waals surface area (Å²) in [6, 6.07) is 11.5. The zero-order chi connectivity index (χ0) is 14.6. The third kappa shape index (κ3) is 3.79. The summed E-state index contributed by atoms with van der Waals surface area (Å²) in [4.78, 5) is 1.41. The van der Waals surface area contributed by atoms with Crippen LogP contribution in [0.2, 0.25) is 0 Å². The van der Waals surface area contributed by atoms with Gasteiger partial charge in [-0.15, -0.1) is 11.8 Å². The van der Waals surface area contributed by atoms with Crippen LogP contribution in [0.15, 0.2) is 35.2 Å². The maximum Gasteiger partial charge on any atom is 0.0251 e. The van der Waals surface area contributed by atoms with Gasteiger partial charge in [0.2, 0.25) is 0 Å². The van der Waals surface area contributed by atoms with Gasteiger partial charge in [0.15, 0.2) is 0 Å². The van der Waals surface area contributed by atoms with E-state index in [9.17, 15) is 0 Å². The number of rotatable bonds is 5. The third-order valence-electron chi connectivity index (χ3n) is 5.21. The molecule has 1 aromatic rings. The van der Waals surface area contributed by atoms with Crippen LogP contribution in [0.4, 0.5) is 0 Å². The Labute approximate surface area is 128 Å². The zero-order valence-corrected chi connectivity index (χ0v) is 14.2. The van der Waals surface area contributed by atoms with Crippen molar-refractivity contribution in [2.24, 2.45) is 11.3 Å². The average molecular weight is 292 g/mol. The summed E-state index contributed by atoms with van der Waals surface area (Å²) in [5.74, 6) is 0.860. The summed E-state index contributed by atoms with van der Waals surface area (Å²) in [7, 11) is 2.12. The van der Waals surface area contributed by atoms with Crippen molar-refractivity contribution in [2.45, 2.75) is 62.6 Å². The fourth-order valence-electron chi connectivity index (χ4n) is 3.26. The van der Waals surface area contributed by atoms with Crippen molar-refractivity contribution >= 4 is 11.8 Å². The number of hydrogen-bond donors (Lipinski definition) is 1. The minimum atomic E-state index is 0.480. The van der Waals surface area contributed by atoms with E-state index in [-0.39, 0.29) is 0 Å². The van der Waals surface area contributed by atoms with Gasteiger partial charge < -0.3 is 5.32 Å². The SMILES string of the molecule is CCC(C)(C)C1CCC(NC)C(Sc2ccccc2)C1. The molecule has 1 aliphatic carbocycles. The van der Waals surface area contributed by atoms with Crippen LogP contribution in [0, 0.1) is 11.3 Å². The van der Waals surface area contributed by atoms with Gasteiger partial charge in [0, 0.05) is 16.2 Å². The molecule has 0 aliphatic heterocycles. The number of benzene rings is 1. The van der Waals surface area contributed by atoms with Gasteiger partial charge in [-0.3, -0.25) is 0 Å². The van der Waals surface area contributed by atoms with Crippen LogP contribution in [0.5, 0.6) is 0 Å². The first-order valence-corrected chi connectivity index (χ1v) is 8.83. The second-order valence-corrected chi connectivity index (χ2v) is 8.03. The smallest absolute Gasteiger partial charge is 0.0251 e. The molecule has 0 heterocycles. The lowest BCUT2D eigenvalue weighted by molar-refractivity contribution is 0.142. The van der Waals surface area contributed by atoms with E-state index in [1.54, 1.807) is 0 Å². The van der Waals surface area contributed by atoms with Crippen LogP contribution in [0.1, 0.15) is 46.5 Å². The van der Waals surface area contributed by atoms with Gasteiger partial charge >= 0.3 is 0 Å². The average Bonchev–Trinajstić information content (AvgIpc) is 2.48. The zero-order valence-electron chi connectivity index (χ0n) is 13.4. The molecule has 1 nitrogen and oxygen atoms in total. The Morgan fingerprint density at radius 1 is 1.20 bits per heavy atom. The second-order valence-electron chi connectivity index (χ2n) is 6.72. The summed E-state index contributed by atoms with van der Waals surface area (Å²) in [6.07, 6.45) is 5.31. The Hall–Kier alpha value is -0.470. The summed E-state index contributed by atoms with van der Waals surface area (Å²) in [5.41, 5.74) is 0.480. The number of thioether (sulfide) groups is 1. The minimum absolute atomic E-state index is 0.480. The summed E-state index contributed by atoms with van der Waals surface area (Å²) in [6.45, 7) is 7.23. The summed E-state index contributed by atoms with van der Waals surface area (Å²) >= 11 is 2.07. The lowest BCUT2D eigenvalue weighted by Crippen LogP contribution is -2.43. The molecule has 0 bridgehead atoms. The molecule has 0 aromatic heterocycles. The minimum Gasteiger partial charge on any atom is -0.316 e. The molecule has 0 saturated heterocycles. The highest BCUT2D eigenvalue weighted by molar-refractivity contribution is 8.00. The lowest BCUT2D eigenvalue weighted by atomic mass is 9.68. The summed E-state index contributed by atoms with van der Waals surface area (Å²) < 4.78 is 0. The molecule has 2 heteroatoms. The van der Waals surface area contributed by atoms with Gasteiger partial charge in [0.05, 0.1) is 0 Å². The molecule has 3 atom stereocenters. The van der Waals surface area contributed by atoms with E-state index in [4.69, 9.17) is 0 Å². The van der Waals surface area contributed by atoms with Crippen molar-refractivity contribution in [2.75, 3.05) is 7.05 Å². The molecule has 20 heavy (non-hydrogen) atoms. The standard InChI is InChI=1S/C18H29NS/c1-5-18(2,3)14-11-12-16(19-4)17(13-14)20-15-9-7-6-8-10-15/h6-10,14,16-17,19H,5,11-13H2,1-4H3. The van der Waals surface area contributed by atoms with E-state index in [2.05, 4.69) is 75.2 Å². The fourth-order valence-corrected chi connectivity index (χ4v) is 4.69. The third-order valence-corrected chi connectivity index (χ3v) is 6.58. The van der Waals surface area contributed by atoms with Gasteiger partial charge in [0.25, 0.3) is 0 Å². The quantitative estimate of drug-likeness (QED) is 0.822. The normalized spacial score (nSPS) is 27.5. The second kappa shape index (κ2) is 7.00. The molecule has 0 amide bonds. The molecular weight excluding hydrogens is 262 g/mol.